The highest BCUT2D eigenvalue weighted by Gasteiger charge is 2.17. The maximum absolute atomic E-state index is 12.3. The summed E-state index contributed by atoms with van der Waals surface area (Å²) in [7, 11) is -3.62. The first-order valence-electron chi connectivity index (χ1n) is 6.53. The smallest absolute Gasteiger partial charge is 0.261 e. The largest absolute Gasteiger partial charge is 0.384 e. The molecule has 0 atom stereocenters. The molecule has 2 rings (SSSR count). The molecular formula is C15H19N3O2S. The van der Waals surface area contributed by atoms with Crippen LogP contribution in [0.5, 0.6) is 0 Å². The van der Waals surface area contributed by atoms with Crippen molar-refractivity contribution in [2.24, 2.45) is 0 Å². The van der Waals surface area contributed by atoms with Crippen molar-refractivity contribution in [3.05, 3.63) is 48.2 Å². The molecule has 0 bridgehead atoms. The van der Waals surface area contributed by atoms with E-state index in [0.717, 1.165) is 5.56 Å². The number of hydrogen-bond acceptors (Lipinski definition) is 4. The average molecular weight is 305 g/mol. The average Bonchev–Trinajstić information content (AvgIpc) is 2.40. The Morgan fingerprint density at radius 2 is 1.67 bits per heavy atom. The molecule has 0 unspecified atom stereocenters. The van der Waals surface area contributed by atoms with Crippen LogP contribution in [-0.2, 0) is 15.4 Å². The van der Waals surface area contributed by atoms with Crippen LogP contribution >= 0.6 is 0 Å². The van der Waals surface area contributed by atoms with E-state index in [1.165, 1.54) is 6.20 Å². The Morgan fingerprint density at radius 1 is 1.05 bits per heavy atom. The van der Waals surface area contributed by atoms with Gasteiger partial charge < -0.3 is 5.73 Å². The third-order valence-electron chi connectivity index (χ3n) is 3.07. The fraction of sp³-hybridized carbons (Fsp3) is 0.267. The lowest BCUT2D eigenvalue weighted by molar-refractivity contribution is 0.587. The molecule has 21 heavy (non-hydrogen) atoms. The Kier molecular flexibility index (Phi) is 3.91. The second kappa shape index (κ2) is 5.37. The first-order valence-corrected chi connectivity index (χ1v) is 8.02. The fourth-order valence-electron chi connectivity index (χ4n) is 1.81. The summed E-state index contributed by atoms with van der Waals surface area (Å²) in [6.45, 7) is 6.23. The quantitative estimate of drug-likeness (QED) is 0.913. The zero-order valence-electron chi connectivity index (χ0n) is 12.3. The van der Waals surface area contributed by atoms with Crippen LogP contribution < -0.4 is 10.5 Å². The summed E-state index contributed by atoms with van der Waals surface area (Å²) in [5, 5.41) is 0. The highest BCUT2D eigenvalue weighted by molar-refractivity contribution is 7.92. The van der Waals surface area contributed by atoms with E-state index in [-0.39, 0.29) is 10.3 Å². The van der Waals surface area contributed by atoms with Crippen LogP contribution in [0.25, 0.3) is 0 Å². The molecule has 0 aliphatic heterocycles. The summed E-state index contributed by atoms with van der Waals surface area (Å²) in [6, 6.07) is 9.98. The number of sulfonamides is 1. The number of nitrogens with two attached hydrogens (primary N) is 1. The number of nitrogens with one attached hydrogen (secondary N) is 1. The molecule has 0 amide bonds. The molecule has 0 spiro atoms. The van der Waals surface area contributed by atoms with Crippen LogP contribution in [-0.4, -0.2) is 13.4 Å². The van der Waals surface area contributed by atoms with Gasteiger partial charge in [0.15, 0.2) is 0 Å². The van der Waals surface area contributed by atoms with E-state index in [2.05, 4.69) is 30.5 Å². The van der Waals surface area contributed by atoms with Gasteiger partial charge in [-0.05, 0) is 35.2 Å². The first kappa shape index (κ1) is 15.3. The van der Waals surface area contributed by atoms with Gasteiger partial charge in [0, 0.05) is 0 Å². The van der Waals surface area contributed by atoms with Gasteiger partial charge in [0.2, 0.25) is 0 Å². The van der Waals surface area contributed by atoms with E-state index < -0.39 is 10.0 Å². The van der Waals surface area contributed by atoms with Gasteiger partial charge in [-0.25, -0.2) is 13.4 Å². The number of pyridine rings is 1. The number of anilines is 2. The van der Waals surface area contributed by atoms with E-state index in [1.807, 2.05) is 12.1 Å². The Morgan fingerprint density at radius 3 is 2.14 bits per heavy atom. The third kappa shape index (κ3) is 3.72. The maximum Gasteiger partial charge on any atom is 0.261 e. The van der Waals surface area contributed by atoms with Crippen molar-refractivity contribution in [2.45, 2.75) is 31.1 Å². The first-order chi connectivity index (χ1) is 9.68. The molecule has 1 aromatic heterocycles. The van der Waals surface area contributed by atoms with Gasteiger partial charge in [-0.2, -0.15) is 0 Å². The van der Waals surface area contributed by atoms with Crippen molar-refractivity contribution in [3.8, 4) is 0 Å². The molecule has 3 N–H and O–H groups in total. The van der Waals surface area contributed by atoms with Gasteiger partial charge in [0.05, 0.1) is 16.8 Å². The molecule has 0 saturated carbocycles. The maximum atomic E-state index is 12.3. The molecule has 0 aliphatic rings. The molecular weight excluding hydrogens is 286 g/mol. The van der Waals surface area contributed by atoms with Crippen LogP contribution in [0.1, 0.15) is 26.3 Å². The Hall–Kier alpha value is -2.08. The van der Waals surface area contributed by atoms with Crippen LogP contribution in [0.4, 0.5) is 11.5 Å². The van der Waals surface area contributed by atoms with E-state index >= 15 is 0 Å². The second-order valence-corrected chi connectivity index (χ2v) is 7.53. The number of aromatic nitrogens is 1. The molecule has 0 fully saturated rings. The normalized spacial score (nSPS) is 12.1. The van der Waals surface area contributed by atoms with Crippen LogP contribution in [0, 0.1) is 0 Å². The van der Waals surface area contributed by atoms with Gasteiger partial charge in [-0.3, -0.25) is 4.72 Å². The van der Waals surface area contributed by atoms with Gasteiger partial charge in [0.25, 0.3) is 10.0 Å². The molecule has 2 aromatic rings. The summed E-state index contributed by atoms with van der Waals surface area (Å²) in [5.41, 5.74) is 6.91. The highest BCUT2D eigenvalue weighted by atomic mass is 32.2. The topological polar surface area (TPSA) is 85.1 Å². The standard InChI is InChI=1S/C15H19N3O2S/c1-15(2,3)11-4-7-13(8-5-11)21(19,20)18-12-6-9-14(16)17-10-12/h4-10,18H,1-3H3,(H2,16,17). The van der Waals surface area contributed by atoms with Crippen molar-refractivity contribution in [2.75, 3.05) is 10.5 Å². The summed E-state index contributed by atoms with van der Waals surface area (Å²) >= 11 is 0. The Labute approximate surface area is 125 Å². The molecule has 6 heteroatoms. The Bertz CT molecular complexity index is 715. The van der Waals surface area contributed by atoms with E-state index in [0.29, 0.717) is 11.5 Å². The van der Waals surface area contributed by atoms with E-state index in [9.17, 15) is 8.42 Å². The van der Waals surface area contributed by atoms with Gasteiger partial charge in [-0.15, -0.1) is 0 Å². The molecule has 5 nitrogen and oxygen atoms in total. The minimum atomic E-state index is -3.62. The monoisotopic (exact) mass is 305 g/mol. The van der Waals surface area contributed by atoms with Gasteiger partial charge in [-0.1, -0.05) is 32.9 Å². The van der Waals surface area contributed by atoms with Crippen LogP contribution in [0.15, 0.2) is 47.5 Å². The lowest BCUT2D eigenvalue weighted by Gasteiger charge is -2.19. The predicted molar refractivity (Wildman–Crippen MR) is 84.6 cm³/mol. The highest BCUT2D eigenvalue weighted by Crippen LogP contribution is 2.24. The van der Waals surface area contributed by atoms with Crippen molar-refractivity contribution in [1.29, 1.82) is 0 Å². The van der Waals surface area contributed by atoms with Crippen molar-refractivity contribution < 1.29 is 8.42 Å². The third-order valence-corrected chi connectivity index (χ3v) is 4.47. The molecule has 112 valence electrons. The van der Waals surface area contributed by atoms with E-state index in [1.54, 1.807) is 24.3 Å². The Balaban J connectivity index is 2.25. The minimum Gasteiger partial charge on any atom is -0.384 e. The van der Waals surface area contributed by atoms with Gasteiger partial charge >= 0.3 is 0 Å². The number of hydrogen-bond donors (Lipinski definition) is 2. The lowest BCUT2D eigenvalue weighted by atomic mass is 9.87. The molecule has 0 aliphatic carbocycles. The fourth-order valence-corrected chi connectivity index (χ4v) is 2.86. The molecule has 0 saturated heterocycles. The minimum absolute atomic E-state index is 0.0173. The number of benzene rings is 1. The zero-order valence-corrected chi connectivity index (χ0v) is 13.1. The molecule has 0 radical (unpaired) electrons. The van der Waals surface area contributed by atoms with Crippen LogP contribution in [0.2, 0.25) is 0 Å². The SMILES string of the molecule is CC(C)(C)c1ccc(S(=O)(=O)Nc2ccc(N)nc2)cc1. The van der Waals surface area contributed by atoms with Gasteiger partial charge in [0.1, 0.15) is 5.82 Å². The van der Waals surface area contributed by atoms with Crippen molar-refractivity contribution in [1.82, 2.24) is 4.98 Å². The summed E-state index contributed by atoms with van der Waals surface area (Å²) < 4.78 is 27.0. The summed E-state index contributed by atoms with van der Waals surface area (Å²) in [5.74, 6) is 0.340. The summed E-state index contributed by atoms with van der Waals surface area (Å²) in [4.78, 5) is 4.07. The number of nitrogens with zero attached hydrogens (tertiary/aromatic N) is 1. The summed E-state index contributed by atoms with van der Waals surface area (Å²) in [6.07, 6.45) is 1.39. The van der Waals surface area contributed by atoms with Crippen LogP contribution in [0.3, 0.4) is 0 Å². The molecule has 1 heterocycles. The van der Waals surface area contributed by atoms with Crippen molar-refractivity contribution in [3.63, 3.8) is 0 Å². The lowest BCUT2D eigenvalue weighted by Crippen LogP contribution is -2.15. The number of rotatable bonds is 3. The molecule has 1 aromatic carbocycles. The van der Waals surface area contributed by atoms with Crippen molar-refractivity contribution >= 4 is 21.5 Å². The van der Waals surface area contributed by atoms with E-state index in [4.69, 9.17) is 5.73 Å². The second-order valence-electron chi connectivity index (χ2n) is 5.85. The zero-order chi connectivity index (χ0) is 15.7. The number of nitrogen functional groups attached to an aromatic ring is 1. The predicted octanol–water partition coefficient (Wildman–Crippen LogP) is 2.76.